The number of nitrogens with zero attached hydrogens (tertiary/aromatic N) is 3. The fraction of sp³-hybridized carbons (Fsp3) is 0.375. The first kappa shape index (κ1) is 20.3. The van der Waals surface area contributed by atoms with Gasteiger partial charge in [0.25, 0.3) is 0 Å². The van der Waals surface area contributed by atoms with Gasteiger partial charge < -0.3 is 9.26 Å². The van der Waals surface area contributed by atoms with Crippen LogP contribution in [-0.4, -0.2) is 41.0 Å². The number of ketones is 1. The van der Waals surface area contributed by atoms with Crippen LogP contribution in [0.3, 0.4) is 0 Å². The zero-order chi connectivity index (χ0) is 21.1. The third-order valence-corrected chi connectivity index (χ3v) is 5.68. The summed E-state index contributed by atoms with van der Waals surface area (Å²) in [5, 5.41) is 4.10. The summed E-state index contributed by atoms with van der Waals surface area (Å²) in [6.45, 7) is 6.15. The molecule has 4 rings (SSSR count). The zero-order valence-corrected chi connectivity index (χ0v) is 17.7. The molecule has 2 aromatic carbocycles. The van der Waals surface area contributed by atoms with E-state index in [-0.39, 0.29) is 11.7 Å². The molecule has 3 aromatic rings. The van der Waals surface area contributed by atoms with E-state index in [0.717, 1.165) is 47.4 Å². The standard InChI is InChI=1S/C24H27N3O3/c1-16-12-20(13-17(2)23(16)29-3)22(28)19-10-7-11-27(14-19)15-21-25-24(26-30-21)18-8-5-4-6-9-18/h4-6,8-9,12-13,19H,7,10-11,14-15H2,1-3H3/t19-/m0/s1. The number of piperidine rings is 1. The van der Waals surface area contributed by atoms with Crippen LogP contribution in [0.2, 0.25) is 0 Å². The van der Waals surface area contributed by atoms with Crippen LogP contribution in [0.4, 0.5) is 0 Å². The molecule has 1 aliphatic heterocycles. The second-order valence-electron chi connectivity index (χ2n) is 7.96. The lowest BCUT2D eigenvalue weighted by atomic mass is 9.88. The Morgan fingerprint density at radius 3 is 2.63 bits per heavy atom. The van der Waals surface area contributed by atoms with Crippen LogP contribution in [-0.2, 0) is 6.54 Å². The monoisotopic (exact) mass is 405 g/mol. The number of aromatic nitrogens is 2. The van der Waals surface area contributed by atoms with E-state index >= 15 is 0 Å². The third kappa shape index (κ3) is 4.28. The topological polar surface area (TPSA) is 68.5 Å². The highest BCUT2D eigenvalue weighted by Gasteiger charge is 2.28. The van der Waals surface area contributed by atoms with Gasteiger partial charge in [0.2, 0.25) is 11.7 Å². The number of ether oxygens (including phenoxy) is 1. The van der Waals surface area contributed by atoms with Crippen molar-refractivity contribution in [3.05, 3.63) is 65.0 Å². The third-order valence-electron chi connectivity index (χ3n) is 5.68. The van der Waals surface area contributed by atoms with Gasteiger partial charge in [0, 0.05) is 23.6 Å². The van der Waals surface area contributed by atoms with Gasteiger partial charge in [-0.25, -0.2) is 0 Å². The van der Waals surface area contributed by atoms with Gasteiger partial charge >= 0.3 is 0 Å². The highest BCUT2D eigenvalue weighted by Crippen LogP contribution is 2.28. The lowest BCUT2D eigenvalue weighted by Gasteiger charge is -2.31. The van der Waals surface area contributed by atoms with Crippen molar-refractivity contribution in [1.82, 2.24) is 15.0 Å². The van der Waals surface area contributed by atoms with Gasteiger partial charge in [0.15, 0.2) is 5.78 Å². The quantitative estimate of drug-likeness (QED) is 0.564. The summed E-state index contributed by atoms with van der Waals surface area (Å²) in [5.74, 6) is 2.20. The number of carbonyl (C=O) groups is 1. The highest BCUT2D eigenvalue weighted by atomic mass is 16.5. The van der Waals surface area contributed by atoms with Crippen LogP contribution >= 0.6 is 0 Å². The molecule has 2 heterocycles. The number of hydrogen-bond donors (Lipinski definition) is 0. The van der Waals surface area contributed by atoms with Gasteiger partial charge in [-0.05, 0) is 56.5 Å². The highest BCUT2D eigenvalue weighted by molar-refractivity contribution is 5.98. The maximum Gasteiger partial charge on any atom is 0.241 e. The zero-order valence-electron chi connectivity index (χ0n) is 17.7. The van der Waals surface area contributed by atoms with E-state index in [4.69, 9.17) is 9.26 Å². The molecule has 0 aliphatic carbocycles. The van der Waals surface area contributed by atoms with Gasteiger partial charge in [-0.3, -0.25) is 9.69 Å². The van der Waals surface area contributed by atoms with Crippen LogP contribution in [0.1, 0.15) is 40.2 Å². The number of carbonyl (C=O) groups excluding carboxylic acids is 1. The van der Waals surface area contributed by atoms with Gasteiger partial charge in [-0.1, -0.05) is 35.5 Å². The molecule has 30 heavy (non-hydrogen) atoms. The number of Topliss-reactive ketones (excluding diaryl/α,β-unsaturated/α-hetero) is 1. The predicted octanol–water partition coefficient (Wildman–Crippen LogP) is 4.46. The molecule has 1 saturated heterocycles. The van der Waals surface area contributed by atoms with E-state index in [0.29, 0.717) is 24.8 Å². The first-order valence-corrected chi connectivity index (χ1v) is 10.3. The molecule has 1 aliphatic rings. The Balaban J connectivity index is 1.44. The van der Waals surface area contributed by atoms with Crippen LogP contribution in [0, 0.1) is 19.8 Å². The van der Waals surface area contributed by atoms with Gasteiger partial charge in [0.05, 0.1) is 13.7 Å². The Bertz CT molecular complexity index is 1010. The summed E-state index contributed by atoms with van der Waals surface area (Å²) in [5.41, 5.74) is 3.69. The normalized spacial score (nSPS) is 17.1. The summed E-state index contributed by atoms with van der Waals surface area (Å²) >= 11 is 0. The molecular formula is C24H27N3O3. The van der Waals surface area contributed by atoms with Crippen molar-refractivity contribution in [3.63, 3.8) is 0 Å². The second-order valence-corrected chi connectivity index (χ2v) is 7.96. The molecule has 0 saturated carbocycles. The molecule has 0 amide bonds. The number of benzene rings is 2. The lowest BCUT2D eigenvalue weighted by Crippen LogP contribution is -2.38. The van der Waals surface area contributed by atoms with E-state index in [9.17, 15) is 4.79 Å². The van der Waals surface area contributed by atoms with E-state index in [2.05, 4.69) is 15.0 Å². The molecule has 1 fully saturated rings. The number of methoxy groups -OCH3 is 1. The van der Waals surface area contributed by atoms with Crippen molar-refractivity contribution in [3.8, 4) is 17.1 Å². The average molecular weight is 405 g/mol. The maximum absolute atomic E-state index is 13.2. The number of rotatable bonds is 6. The Morgan fingerprint density at radius 2 is 1.93 bits per heavy atom. The van der Waals surface area contributed by atoms with Crippen molar-refractivity contribution in [2.75, 3.05) is 20.2 Å². The largest absolute Gasteiger partial charge is 0.496 e. The molecule has 1 aromatic heterocycles. The van der Waals surface area contributed by atoms with Crippen LogP contribution in [0.5, 0.6) is 5.75 Å². The summed E-state index contributed by atoms with van der Waals surface area (Å²) in [7, 11) is 1.66. The second kappa shape index (κ2) is 8.79. The van der Waals surface area contributed by atoms with Crippen molar-refractivity contribution >= 4 is 5.78 Å². The summed E-state index contributed by atoms with van der Waals surface area (Å²) < 4.78 is 10.9. The van der Waals surface area contributed by atoms with E-state index in [1.165, 1.54) is 0 Å². The fourth-order valence-corrected chi connectivity index (χ4v) is 4.28. The maximum atomic E-state index is 13.2. The minimum atomic E-state index is -0.0255. The van der Waals surface area contributed by atoms with Gasteiger partial charge in [-0.15, -0.1) is 0 Å². The summed E-state index contributed by atoms with van der Waals surface area (Å²) in [6.07, 6.45) is 1.88. The van der Waals surface area contributed by atoms with E-state index < -0.39 is 0 Å². The Labute approximate surface area is 176 Å². The molecule has 0 N–H and O–H groups in total. The molecule has 6 heteroatoms. The molecule has 6 nitrogen and oxygen atoms in total. The average Bonchev–Trinajstić information content (AvgIpc) is 3.22. The van der Waals surface area contributed by atoms with E-state index in [1.807, 2.05) is 56.3 Å². The molecule has 0 spiro atoms. The number of hydrogen-bond acceptors (Lipinski definition) is 6. The lowest BCUT2D eigenvalue weighted by molar-refractivity contribution is 0.0797. The Kier molecular flexibility index (Phi) is 5.95. The molecule has 156 valence electrons. The van der Waals surface area contributed by atoms with Gasteiger partial charge in [-0.2, -0.15) is 4.98 Å². The molecular weight excluding hydrogens is 378 g/mol. The first-order chi connectivity index (χ1) is 14.5. The first-order valence-electron chi connectivity index (χ1n) is 10.3. The molecule has 1 atom stereocenters. The minimum absolute atomic E-state index is 0.0255. The van der Waals surface area contributed by atoms with Crippen molar-refractivity contribution < 1.29 is 14.1 Å². The smallest absolute Gasteiger partial charge is 0.241 e. The van der Waals surface area contributed by atoms with Crippen LogP contribution in [0.25, 0.3) is 11.4 Å². The van der Waals surface area contributed by atoms with Gasteiger partial charge in [0.1, 0.15) is 5.75 Å². The van der Waals surface area contributed by atoms with Crippen molar-refractivity contribution in [1.29, 1.82) is 0 Å². The van der Waals surface area contributed by atoms with Crippen molar-refractivity contribution in [2.24, 2.45) is 5.92 Å². The molecule has 0 radical (unpaired) electrons. The molecule has 0 bridgehead atoms. The fourth-order valence-electron chi connectivity index (χ4n) is 4.28. The predicted molar refractivity (Wildman–Crippen MR) is 115 cm³/mol. The van der Waals surface area contributed by atoms with Crippen LogP contribution in [0.15, 0.2) is 47.0 Å². The summed E-state index contributed by atoms with van der Waals surface area (Å²) in [4.78, 5) is 19.9. The molecule has 0 unspecified atom stereocenters. The Morgan fingerprint density at radius 1 is 1.20 bits per heavy atom. The number of likely N-dealkylation sites (tertiary alicyclic amines) is 1. The SMILES string of the molecule is COc1c(C)cc(C(=O)[C@H]2CCCN(Cc3nc(-c4ccccc4)no3)C2)cc1C. The minimum Gasteiger partial charge on any atom is -0.496 e. The summed E-state index contributed by atoms with van der Waals surface area (Å²) in [6, 6.07) is 13.7. The Hall–Kier alpha value is -2.99. The van der Waals surface area contributed by atoms with Crippen LogP contribution < -0.4 is 4.74 Å². The van der Waals surface area contributed by atoms with E-state index in [1.54, 1.807) is 7.11 Å². The van der Waals surface area contributed by atoms with Crippen molar-refractivity contribution in [2.45, 2.75) is 33.2 Å². The number of aryl methyl sites for hydroxylation is 2.